The molecule has 0 saturated heterocycles. The maximum atomic E-state index is 9.37. The van der Waals surface area contributed by atoms with Gasteiger partial charge in [-0.25, -0.2) is 0 Å². The van der Waals surface area contributed by atoms with Crippen molar-refractivity contribution in [3.05, 3.63) is 29.8 Å². The van der Waals surface area contributed by atoms with Crippen LogP contribution in [0.25, 0.3) is 0 Å². The van der Waals surface area contributed by atoms with Crippen molar-refractivity contribution in [1.82, 2.24) is 0 Å². The molecule has 0 amide bonds. The molecule has 0 aliphatic carbocycles. The van der Waals surface area contributed by atoms with E-state index in [2.05, 4.69) is 6.92 Å². The van der Waals surface area contributed by atoms with Crippen LogP contribution in [0.3, 0.4) is 0 Å². The summed E-state index contributed by atoms with van der Waals surface area (Å²) in [6, 6.07) is 7.13. The van der Waals surface area contributed by atoms with Crippen LogP contribution in [0.15, 0.2) is 24.3 Å². The zero-order valence-corrected chi connectivity index (χ0v) is 13.2. The number of phenolic OH excluding ortho intramolecular Hbond substituents is 1. The van der Waals surface area contributed by atoms with Crippen molar-refractivity contribution in [3.8, 4) is 5.75 Å². The highest BCUT2D eigenvalue weighted by atomic mass is 28.4. The van der Waals surface area contributed by atoms with Gasteiger partial charge in [-0.2, -0.15) is 0 Å². The number of aromatic hydroxyl groups is 1. The van der Waals surface area contributed by atoms with Crippen LogP contribution in [0.2, 0.25) is 0 Å². The van der Waals surface area contributed by atoms with E-state index < -0.39 is 8.80 Å². The lowest BCUT2D eigenvalue weighted by Crippen LogP contribution is -2.51. The molecule has 0 aliphatic rings. The Morgan fingerprint density at radius 3 is 1.74 bits per heavy atom. The van der Waals surface area contributed by atoms with E-state index in [1.807, 2.05) is 32.9 Å². The van der Waals surface area contributed by atoms with Gasteiger partial charge in [-0.1, -0.05) is 19.1 Å². The third-order valence-electron chi connectivity index (χ3n) is 2.96. The van der Waals surface area contributed by atoms with Gasteiger partial charge in [0.05, 0.1) is 5.54 Å². The second-order valence-corrected chi connectivity index (χ2v) is 7.15. The molecule has 0 radical (unpaired) electrons. The molecular formula is C14H24O4Si. The molecule has 1 N–H and O–H groups in total. The zero-order chi connectivity index (χ0) is 14.3. The van der Waals surface area contributed by atoms with E-state index in [9.17, 15) is 5.11 Å². The third-order valence-corrected chi connectivity index (χ3v) is 6.43. The number of hydrogen-bond acceptors (Lipinski definition) is 4. The first-order valence-corrected chi connectivity index (χ1v) is 8.60. The molecule has 0 bridgehead atoms. The molecule has 0 fully saturated rings. The lowest BCUT2D eigenvalue weighted by atomic mass is 10.1. The molecule has 0 saturated carbocycles. The Labute approximate surface area is 116 Å². The number of phenols is 1. The number of rotatable bonds is 8. The highest BCUT2D eigenvalue weighted by molar-refractivity contribution is 6.62. The van der Waals surface area contributed by atoms with E-state index >= 15 is 0 Å². The fourth-order valence-electron chi connectivity index (χ4n) is 2.07. The second kappa shape index (κ2) is 7.64. The predicted octanol–water partition coefficient (Wildman–Crippen LogP) is 3.08. The van der Waals surface area contributed by atoms with Crippen molar-refractivity contribution >= 4 is 8.80 Å². The molecule has 0 aliphatic heterocycles. The topological polar surface area (TPSA) is 47.9 Å². The minimum absolute atomic E-state index is 0.0351. The van der Waals surface area contributed by atoms with Gasteiger partial charge in [-0.15, -0.1) is 0 Å². The van der Waals surface area contributed by atoms with Crippen molar-refractivity contribution < 1.29 is 18.4 Å². The molecule has 4 nitrogen and oxygen atoms in total. The highest BCUT2D eigenvalue weighted by Gasteiger charge is 2.47. The Morgan fingerprint density at radius 2 is 1.37 bits per heavy atom. The first kappa shape index (κ1) is 16.2. The normalized spacial score (nSPS) is 13.5. The number of benzene rings is 1. The van der Waals surface area contributed by atoms with Gasteiger partial charge in [0.1, 0.15) is 5.75 Å². The molecule has 1 atom stereocenters. The quantitative estimate of drug-likeness (QED) is 0.745. The van der Waals surface area contributed by atoms with Crippen LogP contribution in [-0.2, 0) is 13.3 Å². The molecule has 1 aromatic carbocycles. The first-order valence-electron chi connectivity index (χ1n) is 6.80. The van der Waals surface area contributed by atoms with E-state index in [0.717, 1.165) is 5.56 Å². The molecule has 5 heteroatoms. The minimum atomic E-state index is -2.74. The van der Waals surface area contributed by atoms with E-state index in [0.29, 0.717) is 19.8 Å². The van der Waals surface area contributed by atoms with Crippen LogP contribution in [0.5, 0.6) is 5.75 Å². The fourth-order valence-corrected chi connectivity index (χ4v) is 4.88. The van der Waals surface area contributed by atoms with Crippen LogP contribution in [0, 0.1) is 0 Å². The Morgan fingerprint density at radius 1 is 0.947 bits per heavy atom. The molecular weight excluding hydrogens is 260 g/mol. The average Bonchev–Trinajstić information content (AvgIpc) is 2.39. The molecule has 0 spiro atoms. The van der Waals surface area contributed by atoms with Gasteiger partial charge in [0.15, 0.2) is 0 Å². The average molecular weight is 284 g/mol. The van der Waals surface area contributed by atoms with Crippen LogP contribution in [0.1, 0.15) is 38.8 Å². The summed E-state index contributed by atoms with van der Waals surface area (Å²) in [5, 5.41) is 9.37. The van der Waals surface area contributed by atoms with E-state index in [-0.39, 0.29) is 11.3 Å². The van der Waals surface area contributed by atoms with Gasteiger partial charge >= 0.3 is 8.80 Å². The summed E-state index contributed by atoms with van der Waals surface area (Å²) in [7, 11) is -2.74. The Kier molecular flexibility index (Phi) is 6.51. The van der Waals surface area contributed by atoms with Crippen LogP contribution in [-0.4, -0.2) is 33.7 Å². The fraction of sp³-hybridized carbons (Fsp3) is 0.571. The van der Waals surface area contributed by atoms with Crippen molar-refractivity contribution in [2.75, 3.05) is 19.8 Å². The van der Waals surface area contributed by atoms with Gasteiger partial charge < -0.3 is 18.4 Å². The SMILES string of the molecule is CCO[Si](OCC)(OCC)C(C)c1ccc(O)cc1. The predicted molar refractivity (Wildman–Crippen MR) is 77.2 cm³/mol. The Balaban J connectivity index is 3.03. The summed E-state index contributed by atoms with van der Waals surface area (Å²) >= 11 is 0. The van der Waals surface area contributed by atoms with Crippen LogP contribution < -0.4 is 0 Å². The maximum Gasteiger partial charge on any atom is 0.508 e. The molecule has 1 unspecified atom stereocenters. The second-order valence-electron chi connectivity index (χ2n) is 4.22. The van der Waals surface area contributed by atoms with Gasteiger partial charge in [-0.3, -0.25) is 0 Å². The summed E-state index contributed by atoms with van der Waals surface area (Å²) in [6.07, 6.45) is 0. The monoisotopic (exact) mass is 284 g/mol. The van der Waals surface area contributed by atoms with Crippen LogP contribution >= 0.6 is 0 Å². The largest absolute Gasteiger partial charge is 0.508 e. The highest BCUT2D eigenvalue weighted by Crippen LogP contribution is 2.30. The Hall–Kier alpha value is -0.883. The van der Waals surface area contributed by atoms with Gasteiger partial charge in [0.2, 0.25) is 0 Å². The first-order chi connectivity index (χ1) is 9.09. The standard InChI is InChI=1S/C14H24O4Si/c1-5-16-19(17-6-2,18-7-3)12(4)13-8-10-14(15)11-9-13/h8-12,15H,5-7H2,1-4H3. The van der Waals surface area contributed by atoms with Crippen molar-refractivity contribution in [2.24, 2.45) is 0 Å². The van der Waals surface area contributed by atoms with Gasteiger partial charge in [0, 0.05) is 19.8 Å². The van der Waals surface area contributed by atoms with Crippen molar-refractivity contribution in [3.63, 3.8) is 0 Å². The lowest BCUT2D eigenvalue weighted by molar-refractivity contribution is 0.0633. The van der Waals surface area contributed by atoms with Crippen molar-refractivity contribution in [2.45, 2.75) is 33.2 Å². The van der Waals surface area contributed by atoms with Gasteiger partial charge in [-0.05, 0) is 38.5 Å². The third kappa shape index (κ3) is 4.04. The van der Waals surface area contributed by atoms with E-state index in [4.69, 9.17) is 13.3 Å². The summed E-state index contributed by atoms with van der Waals surface area (Å²) in [5.74, 6) is 0.257. The Bertz CT molecular complexity index is 349. The molecule has 108 valence electrons. The smallest absolute Gasteiger partial charge is 0.508 e. The van der Waals surface area contributed by atoms with Crippen LogP contribution in [0.4, 0.5) is 0 Å². The molecule has 1 rings (SSSR count). The summed E-state index contributed by atoms with van der Waals surface area (Å²) in [6.45, 7) is 9.59. The summed E-state index contributed by atoms with van der Waals surface area (Å²) in [5.41, 5.74) is 1.09. The van der Waals surface area contributed by atoms with E-state index in [1.54, 1.807) is 12.1 Å². The number of hydrogen-bond donors (Lipinski definition) is 1. The maximum absolute atomic E-state index is 9.37. The molecule has 0 aromatic heterocycles. The molecule has 19 heavy (non-hydrogen) atoms. The zero-order valence-electron chi connectivity index (χ0n) is 12.2. The molecule has 0 heterocycles. The minimum Gasteiger partial charge on any atom is -0.508 e. The summed E-state index contributed by atoms with van der Waals surface area (Å²) < 4.78 is 17.7. The molecule has 1 aromatic rings. The summed E-state index contributed by atoms with van der Waals surface area (Å²) in [4.78, 5) is 0. The van der Waals surface area contributed by atoms with E-state index in [1.165, 1.54) is 0 Å². The van der Waals surface area contributed by atoms with Crippen molar-refractivity contribution in [1.29, 1.82) is 0 Å². The lowest BCUT2D eigenvalue weighted by Gasteiger charge is -2.33. The van der Waals surface area contributed by atoms with Gasteiger partial charge in [0.25, 0.3) is 0 Å².